The van der Waals surface area contributed by atoms with Crippen LogP contribution in [0.15, 0.2) is 24.3 Å². The first-order valence-corrected chi connectivity index (χ1v) is 6.77. The summed E-state index contributed by atoms with van der Waals surface area (Å²) in [5.41, 5.74) is 7.53. The molecule has 1 atom stereocenters. The predicted molar refractivity (Wildman–Crippen MR) is 72.7 cm³/mol. The summed E-state index contributed by atoms with van der Waals surface area (Å²) in [4.78, 5) is 0. The van der Waals surface area contributed by atoms with Crippen LogP contribution in [0.2, 0.25) is 0 Å². The van der Waals surface area contributed by atoms with Crippen LogP contribution in [0.25, 0.3) is 0 Å². The van der Waals surface area contributed by atoms with E-state index in [9.17, 15) is 0 Å². The van der Waals surface area contributed by atoms with Crippen LogP contribution >= 0.6 is 0 Å². The Kier molecular flexibility index (Phi) is 4.61. The normalized spacial score (nSPS) is 18.9. The molecule has 1 fully saturated rings. The molecule has 1 aromatic rings. The van der Waals surface area contributed by atoms with Gasteiger partial charge in [0, 0.05) is 24.8 Å². The van der Waals surface area contributed by atoms with Crippen molar-refractivity contribution >= 4 is 0 Å². The third-order valence-corrected chi connectivity index (χ3v) is 3.41. The largest absolute Gasteiger partial charge is 0.491 e. The molecule has 0 spiro atoms. The van der Waals surface area contributed by atoms with E-state index >= 15 is 0 Å². The van der Waals surface area contributed by atoms with Crippen molar-refractivity contribution in [3.05, 3.63) is 29.8 Å². The third-order valence-electron chi connectivity index (χ3n) is 3.41. The zero-order valence-corrected chi connectivity index (χ0v) is 11.3. The van der Waals surface area contributed by atoms with E-state index < -0.39 is 0 Å². The predicted octanol–water partition coefficient (Wildman–Crippen LogP) is 2.90. The minimum absolute atomic E-state index is 0.0452. The molecule has 0 bridgehead atoms. The summed E-state index contributed by atoms with van der Waals surface area (Å²) in [6, 6.07) is 8.16. The first-order chi connectivity index (χ1) is 8.68. The second-order valence-corrected chi connectivity index (χ2v) is 5.18. The van der Waals surface area contributed by atoms with Crippen LogP contribution in [0.1, 0.15) is 38.3 Å². The van der Waals surface area contributed by atoms with Gasteiger partial charge in [-0.05, 0) is 38.7 Å². The standard InChI is InChI=1S/C15H23NO2/c1-11(2)18-14-6-4-3-5-13(14)15(16)12-7-9-17-10-8-12/h3-6,11-12,15H,7-10,16H2,1-2H3. The highest BCUT2D eigenvalue weighted by molar-refractivity contribution is 5.36. The van der Waals surface area contributed by atoms with E-state index in [0.29, 0.717) is 5.92 Å². The van der Waals surface area contributed by atoms with Gasteiger partial charge < -0.3 is 15.2 Å². The van der Waals surface area contributed by atoms with Gasteiger partial charge in [0.1, 0.15) is 5.75 Å². The van der Waals surface area contributed by atoms with Gasteiger partial charge >= 0.3 is 0 Å². The van der Waals surface area contributed by atoms with Gasteiger partial charge in [0.05, 0.1) is 6.10 Å². The van der Waals surface area contributed by atoms with Gasteiger partial charge in [-0.25, -0.2) is 0 Å². The number of para-hydroxylation sites is 1. The number of rotatable bonds is 4. The monoisotopic (exact) mass is 249 g/mol. The van der Waals surface area contributed by atoms with Crippen LogP contribution in [-0.4, -0.2) is 19.3 Å². The molecule has 1 aromatic carbocycles. The second-order valence-electron chi connectivity index (χ2n) is 5.18. The zero-order chi connectivity index (χ0) is 13.0. The number of nitrogens with two attached hydrogens (primary N) is 1. The third kappa shape index (κ3) is 3.24. The molecule has 0 aliphatic carbocycles. The maximum atomic E-state index is 6.41. The van der Waals surface area contributed by atoms with E-state index in [1.165, 1.54) is 0 Å². The van der Waals surface area contributed by atoms with Crippen LogP contribution in [0.3, 0.4) is 0 Å². The van der Waals surface area contributed by atoms with Gasteiger partial charge in [-0.15, -0.1) is 0 Å². The van der Waals surface area contributed by atoms with Gasteiger partial charge in [0.15, 0.2) is 0 Å². The molecule has 18 heavy (non-hydrogen) atoms. The van der Waals surface area contributed by atoms with Crippen LogP contribution in [-0.2, 0) is 4.74 Å². The second kappa shape index (κ2) is 6.21. The first-order valence-electron chi connectivity index (χ1n) is 6.77. The van der Waals surface area contributed by atoms with Crippen molar-refractivity contribution < 1.29 is 9.47 Å². The molecule has 1 unspecified atom stereocenters. The van der Waals surface area contributed by atoms with Crippen LogP contribution in [0.5, 0.6) is 5.75 Å². The Morgan fingerprint density at radius 3 is 2.56 bits per heavy atom. The topological polar surface area (TPSA) is 44.5 Å². The van der Waals surface area contributed by atoms with E-state index in [0.717, 1.165) is 37.4 Å². The van der Waals surface area contributed by atoms with Gasteiger partial charge in [-0.3, -0.25) is 0 Å². The average Bonchev–Trinajstić information content (AvgIpc) is 2.39. The summed E-state index contributed by atoms with van der Waals surface area (Å²) >= 11 is 0. The van der Waals surface area contributed by atoms with Crippen molar-refractivity contribution in [1.29, 1.82) is 0 Å². The van der Waals surface area contributed by atoms with Crippen molar-refractivity contribution in [2.24, 2.45) is 11.7 Å². The molecule has 0 radical (unpaired) electrons. The lowest BCUT2D eigenvalue weighted by Crippen LogP contribution is -2.28. The molecule has 0 aromatic heterocycles. The lowest BCUT2D eigenvalue weighted by Gasteiger charge is -2.29. The number of hydrogen-bond acceptors (Lipinski definition) is 3. The maximum Gasteiger partial charge on any atom is 0.124 e. The summed E-state index contributed by atoms with van der Waals surface area (Å²) in [6.45, 7) is 5.73. The Hall–Kier alpha value is -1.06. The van der Waals surface area contributed by atoms with Crippen LogP contribution in [0.4, 0.5) is 0 Å². The SMILES string of the molecule is CC(C)Oc1ccccc1C(N)C1CCOCC1. The minimum atomic E-state index is 0.0452. The lowest BCUT2D eigenvalue weighted by molar-refractivity contribution is 0.0579. The molecule has 1 saturated heterocycles. The molecule has 3 nitrogen and oxygen atoms in total. The fraction of sp³-hybridized carbons (Fsp3) is 0.600. The maximum absolute atomic E-state index is 6.41. The summed E-state index contributed by atoms with van der Waals surface area (Å²) in [6.07, 6.45) is 2.25. The first kappa shape index (κ1) is 13.4. The van der Waals surface area contributed by atoms with Gasteiger partial charge in [0.25, 0.3) is 0 Å². The summed E-state index contributed by atoms with van der Waals surface area (Å²) in [5.74, 6) is 1.42. The molecular weight excluding hydrogens is 226 g/mol. The highest BCUT2D eigenvalue weighted by atomic mass is 16.5. The number of hydrogen-bond donors (Lipinski definition) is 1. The van der Waals surface area contributed by atoms with Crippen molar-refractivity contribution in [3.8, 4) is 5.75 Å². The van der Waals surface area contributed by atoms with Gasteiger partial charge in [-0.2, -0.15) is 0 Å². The Bertz CT molecular complexity index is 373. The smallest absolute Gasteiger partial charge is 0.124 e. The molecular formula is C15H23NO2. The quantitative estimate of drug-likeness (QED) is 0.892. The number of ether oxygens (including phenoxy) is 2. The van der Waals surface area contributed by atoms with Crippen LogP contribution < -0.4 is 10.5 Å². The molecule has 1 aliphatic rings. The fourth-order valence-electron chi connectivity index (χ4n) is 2.45. The van der Waals surface area contributed by atoms with E-state index in [-0.39, 0.29) is 12.1 Å². The molecule has 0 saturated carbocycles. The molecule has 3 heteroatoms. The van der Waals surface area contributed by atoms with Gasteiger partial charge in [-0.1, -0.05) is 18.2 Å². The molecule has 1 heterocycles. The van der Waals surface area contributed by atoms with Gasteiger partial charge in [0.2, 0.25) is 0 Å². The van der Waals surface area contributed by atoms with Crippen molar-refractivity contribution in [2.75, 3.05) is 13.2 Å². The average molecular weight is 249 g/mol. The van der Waals surface area contributed by atoms with Crippen molar-refractivity contribution in [3.63, 3.8) is 0 Å². The molecule has 0 amide bonds. The van der Waals surface area contributed by atoms with Crippen LogP contribution in [0, 0.1) is 5.92 Å². The van der Waals surface area contributed by atoms with Crippen molar-refractivity contribution in [2.45, 2.75) is 38.8 Å². The summed E-state index contributed by atoms with van der Waals surface area (Å²) in [7, 11) is 0. The highest BCUT2D eigenvalue weighted by Crippen LogP contribution is 2.33. The summed E-state index contributed by atoms with van der Waals surface area (Å²) < 4.78 is 11.2. The van der Waals surface area contributed by atoms with E-state index in [1.54, 1.807) is 0 Å². The highest BCUT2D eigenvalue weighted by Gasteiger charge is 2.24. The number of benzene rings is 1. The summed E-state index contributed by atoms with van der Waals surface area (Å²) in [5, 5.41) is 0. The van der Waals surface area contributed by atoms with E-state index in [4.69, 9.17) is 15.2 Å². The molecule has 100 valence electrons. The fourth-order valence-corrected chi connectivity index (χ4v) is 2.45. The van der Waals surface area contributed by atoms with E-state index in [2.05, 4.69) is 6.07 Å². The lowest BCUT2D eigenvalue weighted by atomic mass is 9.87. The molecule has 2 rings (SSSR count). The minimum Gasteiger partial charge on any atom is -0.491 e. The Balaban J connectivity index is 2.15. The Labute approximate surface area is 109 Å². The molecule has 2 N–H and O–H groups in total. The Morgan fingerprint density at radius 2 is 1.89 bits per heavy atom. The Morgan fingerprint density at radius 1 is 1.22 bits per heavy atom. The van der Waals surface area contributed by atoms with Crippen molar-refractivity contribution in [1.82, 2.24) is 0 Å². The zero-order valence-electron chi connectivity index (χ0n) is 11.3. The van der Waals surface area contributed by atoms with E-state index in [1.807, 2.05) is 32.0 Å². The molecule has 1 aliphatic heterocycles.